The van der Waals surface area contributed by atoms with E-state index in [0.29, 0.717) is 5.76 Å². The molecule has 0 saturated carbocycles. The second-order valence-corrected chi connectivity index (χ2v) is 5.86. The van der Waals surface area contributed by atoms with Crippen molar-refractivity contribution in [2.75, 3.05) is 0 Å². The van der Waals surface area contributed by atoms with E-state index in [9.17, 15) is 10.1 Å². The Labute approximate surface area is 142 Å². The average molecular weight is 337 g/mol. The molecule has 0 aliphatic carbocycles. The van der Waals surface area contributed by atoms with E-state index in [0.717, 1.165) is 16.5 Å². The summed E-state index contributed by atoms with van der Waals surface area (Å²) in [4.78, 5) is 14.1. The van der Waals surface area contributed by atoms with Gasteiger partial charge in [0.15, 0.2) is 5.69 Å². The van der Waals surface area contributed by atoms with Crippen molar-refractivity contribution in [2.45, 2.75) is 19.3 Å². The summed E-state index contributed by atoms with van der Waals surface area (Å²) in [6.45, 7) is 1.57. The number of nitrogens with zero attached hydrogens (tertiary/aromatic N) is 2. The van der Waals surface area contributed by atoms with Gasteiger partial charge in [0, 0.05) is 23.5 Å². The Bertz CT molecular complexity index is 1030. The fraction of sp³-hybridized carbons (Fsp3) is 0.167. The van der Waals surface area contributed by atoms with Gasteiger partial charge in [-0.25, -0.2) is 0 Å². The van der Waals surface area contributed by atoms with Crippen LogP contribution in [0.3, 0.4) is 0 Å². The molecule has 0 aliphatic rings. The zero-order valence-corrected chi connectivity index (χ0v) is 13.4. The number of H-pyrrole nitrogens is 1. The maximum Gasteiger partial charge on any atom is 0.334 e. The van der Waals surface area contributed by atoms with E-state index in [1.165, 1.54) is 0 Å². The van der Waals surface area contributed by atoms with Gasteiger partial charge < -0.3 is 13.9 Å². The number of nitro groups is 1. The molecular formula is C18H15N3O4. The summed E-state index contributed by atoms with van der Waals surface area (Å²) in [5.74, 6) is 0.736. The summed E-state index contributed by atoms with van der Waals surface area (Å²) < 4.78 is 10.9. The lowest BCUT2D eigenvalue weighted by Gasteiger charge is -2.12. The van der Waals surface area contributed by atoms with Crippen molar-refractivity contribution >= 4 is 16.6 Å². The third kappa shape index (κ3) is 2.59. The number of nitrogens with one attached hydrogen (secondary N) is 1. The van der Waals surface area contributed by atoms with Crippen molar-refractivity contribution in [3.05, 3.63) is 81.8 Å². The van der Waals surface area contributed by atoms with Crippen LogP contribution in [-0.4, -0.2) is 15.1 Å². The normalized spacial score (nSPS) is 12.5. The van der Waals surface area contributed by atoms with Gasteiger partial charge in [-0.1, -0.05) is 23.4 Å². The summed E-state index contributed by atoms with van der Waals surface area (Å²) in [5, 5.41) is 16.2. The van der Waals surface area contributed by atoms with E-state index in [4.69, 9.17) is 8.94 Å². The first-order chi connectivity index (χ1) is 12.1. The van der Waals surface area contributed by atoms with Crippen molar-refractivity contribution in [1.82, 2.24) is 10.1 Å². The molecule has 3 heterocycles. The maximum atomic E-state index is 11.3. The van der Waals surface area contributed by atoms with Crippen LogP contribution in [0.2, 0.25) is 0 Å². The Morgan fingerprint density at radius 2 is 2.12 bits per heavy atom. The highest BCUT2D eigenvalue weighted by atomic mass is 16.6. The molecule has 7 heteroatoms. The molecule has 0 amide bonds. The zero-order chi connectivity index (χ0) is 17.4. The number of para-hydroxylation sites is 1. The van der Waals surface area contributed by atoms with Crippen molar-refractivity contribution in [1.29, 1.82) is 0 Å². The molecule has 0 spiro atoms. The molecule has 7 nitrogen and oxygen atoms in total. The molecule has 126 valence electrons. The minimum atomic E-state index is -0.449. The SMILES string of the molecule is Cc1noc(CC(c2ccco2)c2c[nH]c3ccccc23)c1[N+](=O)[O-]. The molecule has 0 aliphatic heterocycles. The highest BCUT2D eigenvalue weighted by molar-refractivity contribution is 5.84. The van der Waals surface area contributed by atoms with Crippen LogP contribution < -0.4 is 0 Å². The number of hydrogen-bond donors (Lipinski definition) is 1. The van der Waals surface area contributed by atoms with Crippen LogP contribution in [0.25, 0.3) is 10.9 Å². The predicted molar refractivity (Wildman–Crippen MR) is 90.4 cm³/mol. The molecular weight excluding hydrogens is 322 g/mol. The van der Waals surface area contributed by atoms with Gasteiger partial charge in [-0.15, -0.1) is 0 Å². The molecule has 4 aromatic rings. The summed E-state index contributed by atoms with van der Waals surface area (Å²) >= 11 is 0. The Balaban J connectivity index is 1.82. The molecule has 1 unspecified atom stereocenters. The Hall–Kier alpha value is -3.35. The average Bonchev–Trinajstić information content (AvgIpc) is 3.32. The lowest BCUT2D eigenvalue weighted by molar-refractivity contribution is -0.386. The third-order valence-electron chi connectivity index (χ3n) is 4.35. The maximum absolute atomic E-state index is 11.3. The highest BCUT2D eigenvalue weighted by Gasteiger charge is 2.30. The van der Waals surface area contributed by atoms with Crippen LogP contribution >= 0.6 is 0 Å². The number of aromatic amines is 1. The van der Waals surface area contributed by atoms with Crippen molar-refractivity contribution in [3.8, 4) is 0 Å². The Morgan fingerprint density at radius 3 is 2.88 bits per heavy atom. The summed E-state index contributed by atoms with van der Waals surface area (Å²) in [6.07, 6.45) is 3.79. The lowest BCUT2D eigenvalue weighted by Crippen LogP contribution is -2.05. The van der Waals surface area contributed by atoms with Crippen molar-refractivity contribution in [2.24, 2.45) is 0 Å². The number of aryl methyl sites for hydroxylation is 1. The smallest absolute Gasteiger partial charge is 0.334 e. The molecule has 1 aromatic carbocycles. The van der Waals surface area contributed by atoms with E-state index in [1.54, 1.807) is 19.3 Å². The second-order valence-electron chi connectivity index (χ2n) is 5.86. The zero-order valence-electron chi connectivity index (χ0n) is 13.4. The molecule has 4 rings (SSSR count). The van der Waals surface area contributed by atoms with Crippen LogP contribution in [0.15, 0.2) is 57.8 Å². The largest absolute Gasteiger partial charge is 0.469 e. The van der Waals surface area contributed by atoms with E-state index >= 15 is 0 Å². The van der Waals surface area contributed by atoms with Crippen molar-refractivity contribution in [3.63, 3.8) is 0 Å². The predicted octanol–water partition coefficient (Wildman–Crippen LogP) is 4.34. The first-order valence-corrected chi connectivity index (χ1v) is 7.84. The van der Waals surface area contributed by atoms with Gasteiger partial charge in [-0.2, -0.15) is 0 Å². The minimum Gasteiger partial charge on any atom is -0.469 e. The van der Waals surface area contributed by atoms with Gasteiger partial charge in [0.2, 0.25) is 5.76 Å². The van der Waals surface area contributed by atoms with Crippen molar-refractivity contribution < 1.29 is 13.9 Å². The van der Waals surface area contributed by atoms with Crippen LogP contribution in [0, 0.1) is 17.0 Å². The fourth-order valence-corrected chi connectivity index (χ4v) is 3.20. The molecule has 3 aromatic heterocycles. The first-order valence-electron chi connectivity index (χ1n) is 7.84. The standard InChI is InChI=1S/C18H15N3O4/c1-11-18(21(22)23)17(25-20-11)9-13(16-7-4-8-24-16)14-10-19-15-6-3-2-5-12(14)15/h2-8,10,13,19H,9H2,1H3. The molecule has 0 saturated heterocycles. The lowest BCUT2D eigenvalue weighted by atomic mass is 9.91. The van der Waals surface area contributed by atoms with Gasteiger partial charge in [-0.05, 0) is 30.7 Å². The number of furan rings is 1. The summed E-state index contributed by atoms with van der Waals surface area (Å²) in [7, 11) is 0. The minimum absolute atomic E-state index is 0.0728. The molecule has 0 fully saturated rings. The number of rotatable bonds is 5. The monoisotopic (exact) mass is 337 g/mol. The van der Waals surface area contributed by atoms with Gasteiger partial charge in [0.1, 0.15) is 5.76 Å². The summed E-state index contributed by atoms with van der Waals surface area (Å²) in [5.41, 5.74) is 2.19. The summed E-state index contributed by atoms with van der Waals surface area (Å²) in [6, 6.07) is 11.6. The molecule has 25 heavy (non-hydrogen) atoms. The van der Waals surface area contributed by atoms with E-state index in [-0.39, 0.29) is 29.5 Å². The number of aromatic nitrogens is 2. The molecule has 0 bridgehead atoms. The highest BCUT2D eigenvalue weighted by Crippen LogP contribution is 2.36. The van der Waals surface area contributed by atoms with Crippen LogP contribution in [0.4, 0.5) is 5.69 Å². The van der Waals surface area contributed by atoms with Crippen LogP contribution in [-0.2, 0) is 6.42 Å². The van der Waals surface area contributed by atoms with E-state index in [2.05, 4.69) is 10.1 Å². The van der Waals surface area contributed by atoms with Gasteiger partial charge in [0.25, 0.3) is 0 Å². The quantitative estimate of drug-likeness (QED) is 0.431. The number of hydrogen-bond acceptors (Lipinski definition) is 5. The van der Waals surface area contributed by atoms with Crippen LogP contribution in [0.1, 0.15) is 28.7 Å². The number of benzene rings is 1. The van der Waals surface area contributed by atoms with Gasteiger partial charge in [0.05, 0.1) is 17.1 Å². The second kappa shape index (κ2) is 5.94. The van der Waals surface area contributed by atoms with Gasteiger partial charge in [-0.3, -0.25) is 10.1 Å². The molecule has 1 N–H and O–H groups in total. The topological polar surface area (TPSA) is 98.1 Å². The van der Waals surface area contributed by atoms with Gasteiger partial charge >= 0.3 is 5.69 Å². The van der Waals surface area contributed by atoms with E-state index in [1.807, 2.05) is 36.5 Å². The molecule has 0 radical (unpaired) electrons. The Morgan fingerprint density at radius 1 is 1.28 bits per heavy atom. The van der Waals surface area contributed by atoms with Crippen LogP contribution in [0.5, 0.6) is 0 Å². The third-order valence-corrected chi connectivity index (χ3v) is 4.35. The number of fused-ring (bicyclic) bond motifs is 1. The van der Waals surface area contributed by atoms with E-state index < -0.39 is 4.92 Å². The molecule has 1 atom stereocenters. The Kier molecular flexibility index (Phi) is 3.61. The fourth-order valence-electron chi connectivity index (χ4n) is 3.20. The first kappa shape index (κ1) is 15.2.